The van der Waals surface area contributed by atoms with Crippen molar-refractivity contribution in [1.29, 1.82) is 0 Å². The molecular formula is C24H30O9. The molecule has 1 aliphatic heterocycles. The van der Waals surface area contributed by atoms with Gasteiger partial charge in [0.1, 0.15) is 24.9 Å². The summed E-state index contributed by atoms with van der Waals surface area (Å²) in [4.78, 5) is 48.0. The number of aliphatic hydroxyl groups is 1. The summed E-state index contributed by atoms with van der Waals surface area (Å²) in [6.07, 6.45) is 2.90. The summed E-state index contributed by atoms with van der Waals surface area (Å²) in [5.74, 6) is -2.95. The highest BCUT2D eigenvalue weighted by atomic mass is 16.6. The summed E-state index contributed by atoms with van der Waals surface area (Å²) in [5, 5.41) is 9.09. The zero-order valence-electron chi connectivity index (χ0n) is 19.3. The molecule has 0 radical (unpaired) electrons. The number of esters is 4. The van der Waals surface area contributed by atoms with Gasteiger partial charge in [0.2, 0.25) is 0 Å². The number of carbonyl (C=O) groups is 4. The van der Waals surface area contributed by atoms with E-state index < -0.39 is 48.1 Å². The summed E-state index contributed by atoms with van der Waals surface area (Å²) < 4.78 is 21.8. The first-order chi connectivity index (χ1) is 15.5. The molecule has 0 bridgehead atoms. The van der Waals surface area contributed by atoms with E-state index in [0.717, 1.165) is 0 Å². The fraction of sp³-hybridized carbons (Fsp3) is 0.500. The molecular weight excluding hydrogens is 432 g/mol. The lowest BCUT2D eigenvalue weighted by atomic mass is 9.85. The third-order valence-electron chi connectivity index (χ3n) is 5.43. The number of aliphatic hydroxyl groups excluding tert-OH is 1. The maximum absolute atomic E-state index is 12.6. The van der Waals surface area contributed by atoms with E-state index in [-0.39, 0.29) is 37.2 Å². The second-order valence-corrected chi connectivity index (χ2v) is 8.03. The highest BCUT2D eigenvalue weighted by Gasteiger charge is 2.45. The monoisotopic (exact) mass is 462 g/mol. The molecule has 0 saturated carbocycles. The maximum atomic E-state index is 12.6. The van der Waals surface area contributed by atoms with Gasteiger partial charge in [-0.05, 0) is 37.1 Å². The van der Waals surface area contributed by atoms with Crippen LogP contribution in [0, 0.1) is 5.92 Å². The van der Waals surface area contributed by atoms with Crippen LogP contribution >= 0.6 is 0 Å². The molecule has 9 heteroatoms. The Bertz CT molecular complexity index is 909. The Hall–Kier alpha value is -3.20. The van der Waals surface area contributed by atoms with E-state index in [4.69, 9.17) is 24.1 Å². The van der Waals surface area contributed by atoms with Gasteiger partial charge in [0.05, 0.1) is 12.5 Å². The van der Waals surface area contributed by atoms with Gasteiger partial charge in [-0.25, -0.2) is 9.59 Å². The van der Waals surface area contributed by atoms with Gasteiger partial charge < -0.3 is 24.1 Å². The summed E-state index contributed by atoms with van der Waals surface area (Å²) in [6, 6.07) is 0. The molecule has 0 spiro atoms. The van der Waals surface area contributed by atoms with Crippen molar-refractivity contribution in [2.45, 2.75) is 58.8 Å². The Kier molecular flexibility index (Phi) is 9.16. The van der Waals surface area contributed by atoms with Gasteiger partial charge in [-0.3, -0.25) is 9.59 Å². The first-order valence-electron chi connectivity index (χ1n) is 10.6. The Morgan fingerprint density at radius 2 is 1.91 bits per heavy atom. The maximum Gasteiger partial charge on any atom is 0.334 e. The zero-order chi connectivity index (χ0) is 24.7. The molecule has 1 N–H and O–H groups in total. The van der Waals surface area contributed by atoms with Gasteiger partial charge >= 0.3 is 23.9 Å². The van der Waals surface area contributed by atoms with Crippen molar-refractivity contribution in [1.82, 2.24) is 0 Å². The molecule has 0 aromatic heterocycles. The number of carbonyl (C=O) groups excluding carboxylic acids is 4. The number of fused-ring (bicyclic) bond motifs is 1. The largest absolute Gasteiger partial charge is 0.461 e. The number of ether oxygens (including phenoxy) is 4. The second kappa shape index (κ2) is 11.6. The highest BCUT2D eigenvalue weighted by molar-refractivity contribution is 5.92. The number of hydrogen-bond donors (Lipinski definition) is 1. The molecule has 0 amide bonds. The second-order valence-electron chi connectivity index (χ2n) is 8.03. The molecule has 0 aromatic rings. The van der Waals surface area contributed by atoms with Crippen LogP contribution in [0.2, 0.25) is 0 Å². The van der Waals surface area contributed by atoms with Crippen LogP contribution in [0.25, 0.3) is 0 Å². The molecule has 2 aliphatic rings. The molecule has 9 nitrogen and oxygen atoms in total. The Morgan fingerprint density at radius 3 is 2.52 bits per heavy atom. The Labute approximate surface area is 192 Å². The van der Waals surface area contributed by atoms with Crippen LogP contribution in [0.4, 0.5) is 0 Å². The first-order valence-corrected chi connectivity index (χ1v) is 10.6. The van der Waals surface area contributed by atoms with Crippen LogP contribution in [0.1, 0.15) is 40.5 Å². The summed E-state index contributed by atoms with van der Waals surface area (Å²) >= 11 is 0. The minimum absolute atomic E-state index is 0.0664. The van der Waals surface area contributed by atoms with E-state index in [9.17, 15) is 19.2 Å². The molecule has 180 valence electrons. The van der Waals surface area contributed by atoms with Gasteiger partial charge in [0.15, 0.2) is 0 Å². The van der Waals surface area contributed by atoms with Gasteiger partial charge in [-0.1, -0.05) is 12.7 Å². The fourth-order valence-electron chi connectivity index (χ4n) is 3.69. The quantitative estimate of drug-likeness (QED) is 0.273. The average molecular weight is 462 g/mol. The minimum atomic E-state index is -0.861. The normalized spacial score (nSPS) is 28.9. The van der Waals surface area contributed by atoms with Crippen LogP contribution in [-0.4, -0.2) is 60.5 Å². The smallest absolute Gasteiger partial charge is 0.334 e. The van der Waals surface area contributed by atoms with Crippen molar-refractivity contribution in [3.63, 3.8) is 0 Å². The third-order valence-corrected chi connectivity index (χ3v) is 5.43. The van der Waals surface area contributed by atoms with Crippen molar-refractivity contribution >= 4 is 23.9 Å². The highest BCUT2D eigenvalue weighted by Crippen LogP contribution is 2.37. The van der Waals surface area contributed by atoms with E-state index in [1.54, 1.807) is 19.1 Å². The molecule has 1 fully saturated rings. The van der Waals surface area contributed by atoms with Crippen LogP contribution in [0.15, 0.2) is 47.1 Å². The summed E-state index contributed by atoms with van der Waals surface area (Å²) in [6.45, 7) is 9.26. The van der Waals surface area contributed by atoms with Crippen molar-refractivity contribution < 1.29 is 43.2 Å². The van der Waals surface area contributed by atoms with Crippen molar-refractivity contribution in [3.8, 4) is 0 Å². The number of hydrogen-bond acceptors (Lipinski definition) is 9. The Balaban J connectivity index is 2.50. The van der Waals surface area contributed by atoms with E-state index in [1.165, 1.54) is 26.8 Å². The van der Waals surface area contributed by atoms with E-state index >= 15 is 0 Å². The SMILES string of the molecule is C=C1C(=O)O[C@@H]2/C=C(/C)C(OC(C)=O)C/C=C(/COC(C)=O)C[C@@H](OC(=O)/C(C)=C/CO)[C@@H]12. The Morgan fingerprint density at radius 1 is 1.21 bits per heavy atom. The summed E-state index contributed by atoms with van der Waals surface area (Å²) in [7, 11) is 0. The van der Waals surface area contributed by atoms with Crippen molar-refractivity contribution in [2.24, 2.45) is 5.92 Å². The topological polar surface area (TPSA) is 125 Å². The molecule has 2 rings (SSSR count). The lowest BCUT2D eigenvalue weighted by Crippen LogP contribution is -2.35. The molecule has 1 unspecified atom stereocenters. The predicted octanol–water partition coefficient (Wildman–Crippen LogP) is 2.10. The van der Waals surface area contributed by atoms with Gasteiger partial charge in [0, 0.05) is 37.8 Å². The van der Waals surface area contributed by atoms with E-state index in [0.29, 0.717) is 11.1 Å². The van der Waals surface area contributed by atoms with Crippen LogP contribution < -0.4 is 0 Å². The van der Waals surface area contributed by atoms with E-state index in [2.05, 4.69) is 6.58 Å². The van der Waals surface area contributed by atoms with Gasteiger partial charge in [0.25, 0.3) is 0 Å². The standard InChI is InChI=1S/C24H30O9/c1-13(8-9-25)23(28)32-21-11-18(12-30-16(4)26)6-7-19(31-17(5)27)14(2)10-20-22(21)15(3)24(29)33-20/h6,8,10,19-22,25H,3,7,9,11-12H2,1-2,4-5H3/b13-8+,14-10-,18-6+/t19?,20-,21-,22+/m1/s1. The van der Waals surface area contributed by atoms with Crippen molar-refractivity contribution in [2.75, 3.05) is 13.2 Å². The van der Waals surface area contributed by atoms with E-state index in [1.807, 2.05) is 0 Å². The lowest BCUT2D eigenvalue weighted by Gasteiger charge is -2.29. The molecule has 33 heavy (non-hydrogen) atoms. The van der Waals surface area contributed by atoms with Gasteiger partial charge in [-0.2, -0.15) is 0 Å². The fourth-order valence-corrected chi connectivity index (χ4v) is 3.69. The molecule has 4 atom stereocenters. The van der Waals surface area contributed by atoms with Gasteiger partial charge in [-0.15, -0.1) is 0 Å². The molecule has 1 heterocycles. The summed E-state index contributed by atoms with van der Waals surface area (Å²) in [5.41, 5.74) is 1.61. The van der Waals surface area contributed by atoms with Crippen LogP contribution in [0.5, 0.6) is 0 Å². The lowest BCUT2D eigenvalue weighted by molar-refractivity contribution is -0.148. The van der Waals surface area contributed by atoms with Crippen LogP contribution in [-0.2, 0) is 38.1 Å². The number of rotatable bonds is 6. The third kappa shape index (κ3) is 7.15. The van der Waals surface area contributed by atoms with Crippen molar-refractivity contribution in [3.05, 3.63) is 47.1 Å². The molecule has 1 aliphatic carbocycles. The first kappa shape index (κ1) is 26.1. The average Bonchev–Trinajstić information content (AvgIpc) is 3.00. The molecule has 0 aromatic carbocycles. The minimum Gasteiger partial charge on any atom is -0.461 e. The predicted molar refractivity (Wildman–Crippen MR) is 116 cm³/mol. The van der Waals surface area contributed by atoms with Crippen LogP contribution in [0.3, 0.4) is 0 Å². The zero-order valence-corrected chi connectivity index (χ0v) is 19.3. The molecule has 1 saturated heterocycles.